The van der Waals surface area contributed by atoms with Crippen LogP contribution in [0.1, 0.15) is 77.6 Å². The zero-order chi connectivity index (χ0) is 13.8. The SMILES string of the molecule is CCCC1CCC2(CC1)CNCC(CC1CCCC1)O2. The second-order valence-corrected chi connectivity index (χ2v) is 7.67. The molecule has 1 atom stereocenters. The van der Waals surface area contributed by atoms with Gasteiger partial charge in [0.25, 0.3) is 0 Å². The van der Waals surface area contributed by atoms with Gasteiger partial charge in [0, 0.05) is 13.1 Å². The van der Waals surface area contributed by atoms with E-state index >= 15 is 0 Å². The van der Waals surface area contributed by atoms with E-state index < -0.39 is 0 Å². The molecule has 0 aromatic rings. The summed E-state index contributed by atoms with van der Waals surface area (Å²) in [5, 5.41) is 3.69. The van der Waals surface area contributed by atoms with Crippen molar-refractivity contribution in [1.82, 2.24) is 5.32 Å². The van der Waals surface area contributed by atoms with Crippen LogP contribution < -0.4 is 5.32 Å². The number of nitrogens with one attached hydrogen (secondary N) is 1. The molecule has 0 aromatic carbocycles. The van der Waals surface area contributed by atoms with Crippen LogP contribution in [0.15, 0.2) is 0 Å². The molecule has 1 heterocycles. The highest BCUT2D eigenvalue weighted by Gasteiger charge is 2.40. The molecule has 1 spiro atoms. The van der Waals surface area contributed by atoms with E-state index in [1.807, 2.05) is 0 Å². The van der Waals surface area contributed by atoms with Crippen LogP contribution in [0.2, 0.25) is 0 Å². The number of ether oxygens (including phenoxy) is 1. The molecule has 2 heteroatoms. The molecule has 0 bridgehead atoms. The van der Waals surface area contributed by atoms with Crippen LogP contribution in [0, 0.1) is 11.8 Å². The highest BCUT2D eigenvalue weighted by atomic mass is 16.5. The predicted octanol–water partition coefficient (Wildman–Crippen LogP) is 4.28. The second kappa shape index (κ2) is 6.79. The number of rotatable bonds is 4. The first-order valence-electron chi connectivity index (χ1n) is 9.18. The quantitative estimate of drug-likeness (QED) is 0.829. The van der Waals surface area contributed by atoms with Gasteiger partial charge in [-0.3, -0.25) is 0 Å². The minimum Gasteiger partial charge on any atom is -0.369 e. The van der Waals surface area contributed by atoms with Gasteiger partial charge in [-0.05, 0) is 43.9 Å². The molecule has 2 nitrogen and oxygen atoms in total. The molecule has 3 fully saturated rings. The summed E-state index contributed by atoms with van der Waals surface area (Å²) in [5.74, 6) is 1.93. The molecule has 2 saturated carbocycles. The first-order chi connectivity index (χ1) is 9.80. The Balaban J connectivity index is 1.49. The minimum absolute atomic E-state index is 0.200. The maximum absolute atomic E-state index is 6.64. The van der Waals surface area contributed by atoms with Crippen molar-refractivity contribution in [3.63, 3.8) is 0 Å². The van der Waals surface area contributed by atoms with Crippen LogP contribution in [0.5, 0.6) is 0 Å². The Morgan fingerprint density at radius 2 is 1.80 bits per heavy atom. The average molecular weight is 279 g/mol. The third kappa shape index (κ3) is 3.57. The van der Waals surface area contributed by atoms with E-state index in [0.29, 0.717) is 6.10 Å². The summed E-state index contributed by atoms with van der Waals surface area (Å²) in [5.41, 5.74) is 0.200. The summed E-state index contributed by atoms with van der Waals surface area (Å²) < 4.78 is 6.64. The highest BCUT2D eigenvalue weighted by Crippen LogP contribution is 2.40. The summed E-state index contributed by atoms with van der Waals surface area (Å²) >= 11 is 0. The number of hydrogen-bond donors (Lipinski definition) is 1. The molecular formula is C18H33NO. The van der Waals surface area contributed by atoms with Crippen LogP contribution in [-0.2, 0) is 4.74 Å². The van der Waals surface area contributed by atoms with Crippen molar-refractivity contribution < 1.29 is 4.74 Å². The van der Waals surface area contributed by atoms with Crippen molar-refractivity contribution >= 4 is 0 Å². The molecule has 3 aliphatic rings. The average Bonchev–Trinajstić information content (AvgIpc) is 2.95. The lowest BCUT2D eigenvalue weighted by Crippen LogP contribution is -2.55. The molecule has 116 valence electrons. The smallest absolute Gasteiger partial charge is 0.0810 e. The predicted molar refractivity (Wildman–Crippen MR) is 83.9 cm³/mol. The normalized spacial score (nSPS) is 39.5. The first-order valence-corrected chi connectivity index (χ1v) is 9.18. The van der Waals surface area contributed by atoms with Crippen LogP contribution in [-0.4, -0.2) is 24.8 Å². The van der Waals surface area contributed by atoms with E-state index in [-0.39, 0.29) is 5.60 Å². The molecule has 1 aliphatic heterocycles. The molecule has 1 unspecified atom stereocenters. The van der Waals surface area contributed by atoms with Crippen molar-refractivity contribution in [1.29, 1.82) is 0 Å². The zero-order valence-electron chi connectivity index (χ0n) is 13.3. The molecule has 1 saturated heterocycles. The number of hydrogen-bond acceptors (Lipinski definition) is 2. The summed E-state index contributed by atoms with van der Waals surface area (Å²) in [6, 6.07) is 0. The van der Waals surface area contributed by atoms with Crippen molar-refractivity contribution in [3.8, 4) is 0 Å². The van der Waals surface area contributed by atoms with Crippen molar-refractivity contribution in [3.05, 3.63) is 0 Å². The first kappa shape index (κ1) is 14.8. The molecule has 1 N–H and O–H groups in total. The molecule has 20 heavy (non-hydrogen) atoms. The summed E-state index contributed by atoms with van der Waals surface area (Å²) in [6.45, 7) is 4.52. The summed E-state index contributed by atoms with van der Waals surface area (Å²) in [6.07, 6.45) is 15.8. The summed E-state index contributed by atoms with van der Waals surface area (Å²) in [7, 11) is 0. The second-order valence-electron chi connectivity index (χ2n) is 7.67. The van der Waals surface area contributed by atoms with Gasteiger partial charge in [-0.2, -0.15) is 0 Å². The highest BCUT2D eigenvalue weighted by molar-refractivity contribution is 4.94. The van der Waals surface area contributed by atoms with E-state index in [0.717, 1.165) is 24.9 Å². The Hall–Kier alpha value is -0.0800. The fourth-order valence-corrected chi connectivity index (χ4v) is 4.84. The Morgan fingerprint density at radius 1 is 1.05 bits per heavy atom. The summed E-state index contributed by atoms with van der Waals surface area (Å²) in [4.78, 5) is 0. The Kier molecular flexibility index (Phi) is 5.04. The zero-order valence-corrected chi connectivity index (χ0v) is 13.3. The van der Waals surface area contributed by atoms with Gasteiger partial charge in [0.1, 0.15) is 0 Å². The van der Waals surface area contributed by atoms with Gasteiger partial charge >= 0.3 is 0 Å². The molecular weight excluding hydrogens is 246 g/mol. The van der Waals surface area contributed by atoms with Crippen LogP contribution in [0.25, 0.3) is 0 Å². The fraction of sp³-hybridized carbons (Fsp3) is 1.00. The van der Waals surface area contributed by atoms with Gasteiger partial charge in [-0.1, -0.05) is 45.4 Å². The van der Waals surface area contributed by atoms with Crippen LogP contribution >= 0.6 is 0 Å². The van der Waals surface area contributed by atoms with E-state index in [1.165, 1.54) is 70.6 Å². The van der Waals surface area contributed by atoms with Gasteiger partial charge in [0.15, 0.2) is 0 Å². The van der Waals surface area contributed by atoms with Gasteiger partial charge in [0.05, 0.1) is 11.7 Å². The molecule has 3 rings (SSSR count). The van der Waals surface area contributed by atoms with E-state index in [4.69, 9.17) is 4.74 Å². The van der Waals surface area contributed by atoms with Crippen molar-refractivity contribution in [2.45, 2.75) is 89.3 Å². The third-order valence-corrected chi connectivity index (χ3v) is 6.02. The fourth-order valence-electron chi connectivity index (χ4n) is 4.84. The molecule has 0 amide bonds. The van der Waals surface area contributed by atoms with Gasteiger partial charge in [0.2, 0.25) is 0 Å². The largest absolute Gasteiger partial charge is 0.369 e. The van der Waals surface area contributed by atoms with E-state index in [2.05, 4.69) is 12.2 Å². The topological polar surface area (TPSA) is 21.3 Å². The Morgan fingerprint density at radius 3 is 2.50 bits per heavy atom. The maximum atomic E-state index is 6.64. The maximum Gasteiger partial charge on any atom is 0.0810 e. The van der Waals surface area contributed by atoms with Gasteiger partial charge in [-0.15, -0.1) is 0 Å². The minimum atomic E-state index is 0.200. The lowest BCUT2D eigenvalue weighted by Gasteiger charge is -2.46. The third-order valence-electron chi connectivity index (χ3n) is 6.02. The van der Waals surface area contributed by atoms with Crippen molar-refractivity contribution in [2.24, 2.45) is 11.8 Å². The molecule has 0 aromatic heterocycles. The van der Waals surface area contributed by atoms with Crippen molar-refractivity contribution in [2.75, 3.05) is 13.1 Å². The molecule has 2 aliphatic carbocycles. The lowest BCUT2D eigenvalue weighted by molar-refractivity contribution is -0.144. The van der Waals surface area contributed by atoms with Gasteiger partial charge in [-0.25, -0.2) is 0 Å². The number of morpholine rings is 1. The standard InChI is InChI=1S/C18H33NO/c1-2-5-15-8-10-18(11-9-15)14-19-13-17(20-18)12-16-6-3-4-7-16/h15-17,19H,2-14H2,1H3. The van der Waals surface area contributed by atoms with E-state index in [9.17, 15) is 0 Å². The van der Waals surface area contributed by atoms with Gasteiger partial charge < -0.3 is 10.1 Å². The van der Waals surface area contributed by atoms with Crippen LogP contribution in [0.3, 0.4) is 0 Å². The molecule has 0 radical (unpaired) electrons. The monoisotopic (exact) mass is 279 g/mol. The Bertz CT molecular complexity index is 290. The Labute approximate surface area is 125 Å². The lowest BCUT2D eigenvalue weighted by atomic mass is 9.76. The van der Waals surface area contributed by atoms with E-state index in [1.54, 1.807) is 0 Å². The van der Waals surface area contributed by atoms with Crippen LogP contribution in [0.4, 0.5) is 0 Å².